The average molecular weight is 291 g/mol. The molecule has 1 aliphatic heterocycles. The molecule has 0 amide bonds. The zero-order valence-corrected chi connectivity index (χ0v) is 11.8. The molecule has 0 spiro atoms. The van der Waals surface area contributed by atoms with Crippen molar-refractivity contribution in [3.8, 4) is 0 Å². The van der Waals surface area contributed by atoms with Gasteiger partial charge in [-0.25, -0.2) is 4.98 Å². The third kappa shape index (κ3) is 3.23. The van der Waals surface area contributed by atoms with E-state index in [-0.39, 0.29) is 15.7 Å². The van der Waals surface area contributed by atoms with E-state index in [0.717, 1.165) is 32.7 Å². The molecule has 1 fully saturated rings. The van der Waals surface area contributed by atoms with Crippen molar-refractivity contribution in [1.29, 1.82) is 0 Å². The zero-order valence-electron chi connectivity index (χ0n) is 10.3. The van der Waals surface area contributed by atoms with Crippen molar-refractivity contribution in [2.24, 2.45) is 0 Å². The summed E-state index contributed by atoms with van der Waals surface area (Å²) in [7, 11) is 2.12. The van der Waals surface area contributed by atoms with E-state index in [9.17, 15) is 4.79 Å². The summed E-state index contributed by atoms with van der Waals surface area (Å²) in [5.74, 6) is 0. The lowest BCUT2D eigenvalue weighted by Gasteiger charge is -2.32. The Morgan fingerprint density at radius 2 is 1.89 bits per heavy atom. The second-order valence-corrected chi connectivity index (χ2v) is 5.23. The summed E-state index contributed by atoms with van der Waals surface area (Å²) in [6, 6.07) is 0. The van der Waals surface area contributed by atoms with Crippen LogP contribution < -0.4 is 5.56 Å². The Balaban J connectivity index is 1.95. The Morgan fingerprint density at radius 1 is 1.22 bits per heavy atom. The molecule has 18 heavy (non-hydrogen) atoms. The van der Waals surface area contributed by atoms with Crippen LogP contribution in [0, 0.1) is 0 Å². The van der Waals surface area contributed by atoms with Crippen LogP contribution in [0.3, 0.4) is 0 Å². The molecule has 0 bridgehead atoms. The molecular weight excluding hydrogens is 275 g/mol. The highest BCUT2D eigenvalue weighted by Crippen LogP contribution is 2.12. The van der Waals surface area contributed by atoms with Gasteiger partial charge in [0.25, 0.3) is 5.56 Å². The van der Waals surface area contributed by atoms with Crippen molar-refractivity contribution >= 4 is 23.2 Å². The standard InChI is InChI=1S/C11H16Cl2N4O/c1-15-2-4-16(5-3-15)6-7-17-8-14-10(13)9(12)11(17)18/h8H,2-7H2,1H3. The molecule has 7 heteroatoms. The SMILES string of the molecule is CN1CCN(CCn2cnc(Cl)c(Cl)c2=O)CC1. The van der Waals surface area contributed by atoms with Crippen LogP contribution in [0.1, 0.15) is 0 Å². The van der Waals surface area contributed by atoms with E-state index in [0.29, 0.717) is 6.54 Å². The van der Waals surface area contributed by atoms with Gasteiger partial charge < -0.3 is 4.90 Å². The highest BCUT2D eigenvalue weighted by Gasteiger charge is 2.14. The topological polar surface area (TPSA) is 41.4 Å². The van der Waals surface area contributed by atoms with E-state index in [2.05, 4.69) is 21.8 Å². The Labute approximate surface area is 116 Å². The number of halogens is 2. The van der Waals surface area contributed by atoms with E-state index in [4.69, 9.17) is 23.2 Å². The van der Waals surface area contributed by atoms with Gasteiger partial charge in [-0.3, -0.25) is 14.3 Å². The third-order valence-electron chi connectivity index (χ3n) is 3.19. The summed E-state index contributed by atoms with van der Waals surface area (Å²) < 4.78 is 1.51. The van der Waals surface area contributed by atoms with Gasteiger partial charge in [-0.15, -0.1) is 0 Å². The summed E-state index contributed by atoms with van der Waals surface area (Å²) >= 11 is 11.5. The number of hydrogen-bond acceptors (Lipinski definition) is 4. The quantitative estimate of drug-likeness (QED) is 0.772. The molecule has 1 aromatic heterocycles. The monoisotopic (exact) mass is 290 g/mol. The van der Waals surface area contributed by atoms with Crippen LogP contribution in [0.15, 0.2) is 11.1 Å². The third-order valence-corrected chi connectivity index (χ3v) is 3.92. The van der Waals surface area contributed by atoms with Gasteiger partial charge in [0.1, 0.15) is 5.02 Å². The number of nitrogens with zero attached hydrogens (tertiary/aromatic N) is 4. The number of hydrogen-bond donors (Lipinski definition) is 0. The molecule has 0 aliphatic carbocycles. The molecule has 5 nitrogen and oxygen atoms in total. The minimum atomic E-state index is -0.272. The van der Waals surface area contributed by atoms with Crippen LogP contribution in [-0.4, -0.2) is 59.1 Å². The van der Waals surface area contributed by atoms with Gasteiger partial charge in [-0.1, -0.05) is 23.2 Å². The van der Waals surface area contributed by atoms with Gasteiger partial charge in [0.05, 0.1) is 6.33 Å². The molecule has 0 aromatic carbocycles. The Morgan fingerprint density at radius 3 is 2.56 bits per heavy atom. The lowest BCUT2D eigenvalue weighted by Crippen LogP contribution is -2.45. The van der Waals surface area contributed by atoms with E-state index in [1.807, 2.05) is 0 Å². The van der Waals surface area contributed by atoms with E-state index >= 15 is 0 Å². The molecule has 0 N–H and O–H groups in total. The summed E-state index contributed by atoms with van der Waals surface area (Å²) in [6.45, 7) is 5.60. The highest BCUT2D eigenvalue weighted by atomic mass is 35.5. The highest BCUT2D eigenvalue weighted by molar-refractivity contribution is 6.40. The molecule has 0 radical (unpaired) electrons. The van der Waals surface area contributed by atoms with Crippen LogP contribution in [0.2, 0.25) is 10.2 Å². The van der Waals surface area contributed by atoms with Crippen molar-refractivity contribution < 1.29 is 0 Å². The van der Waals surface area contributed by atoms with Crippen molar-refractivity contribution in [3.63, 3.8) is 0 Å². The molecule has 2 rings (SSSR count). The molecule has 100 valence electrons. The lowest BCUT2D eigenvalue weighted by atomic mass is 10.3. The Kier molecular flexibility index (Phi) is 4.61. The molecule has 1 aliphatic rings. The number of rotatable bonds is 3. The van der Waals surface area contributed by atoms with E-state index in [1.165, 1.54) is 10.9 Å². The first kappa shape index (κ1) is 13.8. The Bertz CT molecular complexity index is 469. The van der Waals surface area contributed by atoms with Crippen LogP contribution in [0.25, 0.3) is 0 Å². The summed E-state index contributed by atoms with van der Waals surface area (Å²) in [6.07, 6.45) is 1.45. The summed E-state index contributed by atoms with van der Waals surface area (Å²) in [5, 5.41) is 0.0649. The maximum absolute atomic E-state index is 11.8. The number of likely N-dealkylation sites (N-methyl/N-ethyl adjacent to an activating group) is 1. The van der Waals surface area contributed by atoms with Crippen LogP contribution in [0.4, 0.5) is 0 Å². The zero-order chi connectivity index (χ0) is 13.1. The molecule has 1 aromatic rings. The van der Waals surface area contributed by atoms with Crippen molar-refractivity contribution in [1.82, 2.24) is 19.4 Å². The molecule has 0 saturated carbocycles. The van der Waals surface area contributed by atoms with Gasteiger partial charge in [-0.05, 0) is 7.05 Å². The van der Waals surface area contributed by atoms with Crippen molar-refractivity contribution in [3.05, 3.63) is 26.9 Å². The molecular formula is C11H16Cl2N4O. The summed E-state index contributed by atoms with van der Waals surface area (Å²) in [5.41, 5.74) is -0.272. The van der Waals surface area contributed by atoms with Gasteiger partial charge in [-0.2, -0.15) is 0 Å². The fourth-order valence-electron chi connectivity index (χ4n) is 1.92. The predicted molar refractivity (Wildman–Crippen MR) is 72.5 cm³/mol. The maximum Gasteiger partial charge on any atom is 0.273 e. The normalized spacial score (nSPS) is 18.2. The van der Waals surface area contributed by atoms with Gasteiger partial charge in [0.15, 0.2) is 5.15 Å². The van der Waals surface area contributed by atoms with E-state index in [1.54, 1.807) is 0 Å². The van der Waals surface area contributed by atoms with Crippen molar-refractivity contribution in [2.45, 2.75) is 6.54 Å². The minimum Gasteiger partial charge on any atom is -0.304 e. The smallest absolute Gasteiger partial charge is 0.273 e. The summed E-state index contributed by atoms with van der Waals surface area (Å²) in [4.78, 5) is 20.3. The largest absolute Gasteiger partial charge is 0.304 e. The van der Waals surface area contributed by atoms with E-state index < -0.39 is 0 Å². The second kappa shape index (κ2) is 6.02. The second-order valence-electron chi connectivity index (χ2n) is 4.49. The molecule has 2 heterocycles. The first-order valence-electron chi connectivity index (χ1n) is 5.89. The average Bonchev–Trinajstić information content (AvgIpc) is 2.37. The van der Waals surface area contributed by atoms with Gasteiger partial charge in [0.2, 0.25) is 0 Å². The Hall–Kier alpha value is -0.620. The van der Waals surface area contributed by atoms with Crippen LogP contribution in [-0.2, 0) is 6.54 Å². The van der Waals surface area contributed by atoms with Crippen LogP contribution in [0.5, 0.6) is 0 Å². The van der Waals surface area contributed by atoms with Gasteiger partial charge in [0, 0.05) is 39.3 Å². The van der Waals surface area contributed by atoms with Gasteiger partial charge >= 0.3 is 0 Å². The first-order chi connectivity index (χ1) is 8.58. The fraction of sp³-hybridized carbons (Fsp3) is 0.636. The van der Waals surface area contributed by atoms with Crippen LogP contribution >= 0.6 is 23.2 Å². The predicted octanol–water partition coefficient (Wildman–Crippen LogP) is 0.797. The fourth-order valence-corrected chi connectivity index (χ4v) is 2.21. The van der Waals surface area contributed by atoms with Crippen molar-refractivity contribution in [2.75, 3.05) is 39.8 Å². The molecule has 1 saturated heterocycles. The lowest BCUT2D eigenvalue weighted by molar-refractivity contribution is 0.149. The minimum absolute atomic E-state index is 0.00227. The maximum atomic E-state index is 11.8. The molecule has 0 atom stereocenters. The first-order valence-corrected chi connectivity index (χ1v) is 6.65. The number of aromatic nitrogens is 2. The number of piperazine rings is 1. The molecule has 0 unspecified atom stereocenters.